The topological polar surface area (TPSA) is 125 Å². The van der Waals surface area contributed by atoms with E-state index in [4.69, 9.17) is 5.73 Å². The summed E-state index contributed by atoms with van der Waals surface area (Å²) in [6.45, 7) is 0. The van der Waals surface area contributed by atoms with Crippen LogP contribution in [0, 0.1) is 0 Å². The molecule has 37 heavy (non-hydrogen) atoms. The number of hydrogen-bond acceptors (Lipinski definition) is 7. The summed E-state index contributed by atoms with van der Waals surface area (Å²) in [4.78, 5) is 53.3. The molecule has 4 aliphatic rings. The first-order chi connectivity index (χ1) is 17.6. The fourth-order valence-electron chi connectivity index (χ4n) is 6.34. The Bertz CT molecular complexity index is 1130. The number of benzene rings is 1. The predicted octanol–water partition coefficient (Wildman–Crippen LogP) is 2.58. The fourth-order valence-corrected chi connectivity index (χ4v) is 6.34. The number of nitrogens with two attached hydrogens (primary N) is 1. The molecule has 5 rings (SSSR count). The van der Waals surface area contributed by atoms with Gasteiger partial charge in [0, 0.05) is 44.4 Å². The van der Waals surface area contributed by atoms with Gasteiger partial charge in [-0.1, -0.05) is 12.8 Å². The number of halogens is 2. The Labute approximate surface area is 214 Å². The molecule has 9 nitrogen and oxygen atoms in total. The molecular weight excluding hydrogens is 484 g/mol. The molecule has 3 fully saturated rings. The molecule has 1 saturated heterocycles. The highest BCUT2D eigenvalue weighted by atomic mass is 19.3. The Morgan fingerprint density at radius 2 is 1.73 bits per heavy atom. The van der Waals surface area contributed by atoms with Gasteiger partial charge in [0.1, 0.15) is 6.04 Å². The van der Waals surface area contributed by atoms with Gasteiger partial charge >= 0.3 is 0 Å². The lowest BCUT2D eigenvalue weighted by Crippen LogP contribution is -2.54. The van der Waals surface area contributed by atoms with Crippen molar-refractivity contribution < 1.29 is 28.0 Å². The Balaban J connectivity index is 1.36. The summed E-state index contributed by atoms with van der Waals surface area (Å²) in [5, 5.41) is 5.82. The number of alkyl halides is 2. The van der Waals surface area contributed by atoms with Gasteiger partial charge in [-0.15, -0.1) is 0 Å². The van der Waals surface area contributed by atoms with E-state index in [0.717, 1.165) is 30.6 Å². The third-order valence-corrected chi connectivity index (χ3v) is 8.40. The molecule has 2 aliphatic heterocycles. The largest absolute Gasteiger partial charge is 0.396 e. The van der Waals surface area contributed by atoms with Crippen LogP contribution in [0.5, 0.6) is 0 Å². The van der Waals surface area contributed by atoms with Crippen molar-refractivity contribution in [3.8, 4) is 0 Å². The van der Waals surface area contributed by atoms with E-state index >= 15 is 0 Å². The quantitative estimate of drug-likeness (QED) is 0.405. The van der Waals surface area contributed by atoms with E-state index in [1.54, 1.807) is 12.1 Å². The molecule has 4 amide bonds. The highest BCUT2D eigenvalue weighted by Crippen LogP contribution is 2.39. The Morgan fingerprint density at radius 1 is 1.03 bits per heavy atom. The van der Waals surface area contributed by atoms with Crippen molar-refractivity contribution in [2.24, 2.45) is 0 Å². The number of hydrogen-bond donors (Lipinski definition) is 3. The van der Waals surface area contributed by atoms with Crippen molar-refractivity contribution in [2.75, 3.05) is 17.7 Å². The zero-order valence-electron chi connectivity index (χ0n) is 20.9. The molecule has 0 spiro atoms. The van der Waals surface area contributed by atoms with Crippen molar-refractivity contribution in [1.82, 2.24) is 15.5 Å². The molecule has 2 heterocycles. The van der Waals surface area contributed by atoms with Crippen LogP contribution in [0.15, 0.2) is 12.1 Å². The first kappa shape index (κ1) is 25.6. The lowest BCUT2D eigenvalue weighted by Gasteiger charge is -2.42. The molecule has 11 heteroatoms. The smallest absolute Gasteiger partial charge is 0.264 e. The summed E-state index contributed by atoms with van der Waals surface area (Å²) in [7, 11) is 1.90. The summed E-state index contributed by atoms with van der Waals surface area (Å²) in [5.74, 6) is -4.91. The van der Waals surface area contributed by atoms with Crippen LogP contribution in [0.1, 0.15) is 84.9 Å². The molecule has 200 valence electrons. The average molecular weight is 518 g/mol. The monoisotopic (exact) mass is 517 g/mol. The molecule has 1 aromatic rings. The summed E-state index contributed by atoms with van der Waals surface area (Å²) in [5.41, 5.74) is 7.51. The van der Waals surface area contributed by atoms with Crippen LogP contribution in [0.3, 0.4) is 0 Å². The van der Waals surface area contributed by atoms with E-state index in [1.807, 2.05) is 11.9 Å². The van der Waals surface area contributed by atoms with E-state index in [2.05, 4.69) is 10.6 Å². The molecule has 0 radical (unpaired) electrons. The van der Waals surface area contributed by atoms with Crippen molar-refractivity contribution in [1.29, 1.82) is 0 Å². The number of carbonyl (C=O) groups is 4. The average Bonchev–Trinajstić information content (AvgIpc) is 3.11. The van der Waals surface area contributed by atoms with Gasteiger partial charge in [-0.05, 0) is 44.2 Å². The SMILES string of the molecule is CN(c1ccc2c(c1N)C(=O)N(C1CCC(=O)NC1=O)C2=O)[C@@H]1CCCC[C@@H]1NC1CCC(F)(F)CC1. The molecule has 4 N–H and O–H groups in total. The zero-order valence-corrected chi connectivity index (χ0v) is 20.9. The van der Waals surface area contributed by atoms with Gasteiger partial charge in [0.15, 0.2) is 0 Å². The third-order valence-electron chi connectivity index (χ3n) is 8.40. The zero-order chi connectivity index (χ0) is 26.5. The van der Waals surface area contributed by atoms with Crippen LogP contribution in [-0.4, -0.2) is 65.7 Å². The van der Waals surface area contributed by atoms with Gasteiger partial charge < -0.3 is 16.0 Å². The number of anilines is 2. The minimum Gasteiger partial charge on any atom is -0.396 e. The lowest BCUT2D eigenvalue weighted by molar-refractivity contribution is -0.136. The van der Waals surface area contributed by atoms with Gasteiger partial charge in [0.05, 0.1) is 22.5 Å². The molecule has 2 saturated carbocycles. The number of nitrogens with zero attached hydrogens (tertiary/aromatic N) is 2. The number of carbonyl (C=O) groups excluding carboxylic acids is 4. The van der Waals surface area contributed by atoms with Crippen molar-refractivity contribution in [3.05, 3.63) is 23.3 Å². The van der Waals surface area contributed by atoms with Crippen LogP contribution in [0.2, 0.25) is 0 Å². The number of amides is 4. The summed E-state index contributed by atoms with van der Waals surface area (Å²) in [6.07, 6.45) is 4.63. The highest BCUT2D eigenvalue weighted by molar-refractivity contribution is 6.26. The second-order valence-electron chi connectivity index (χ2n) is 10.7. The number of nitrogen functional groups attached to an aromatic ring is 1. The number of fused-ring (bicyclic) bond motifs is 1. The van der Waals surface area contributed by atoms with Crippen molar-refractivity contribution >= 4 is 35.0 Å². The first-order valence-corrected chi connectivity index (χ1v) is 13.1. The van der Waals surface area contributed by atoms with Gasteiger partial charge in [-0.3, -0.25) is 29.4 Å². The van der Waals surface area contributed by atoms with E-state index in [-0.39, 0.29) is 60.6 Å². The van der Waals surface area contributed by atoms with Crippen molar-refractivity contribution in [2.45, 2.75) is 94.3 Å². The number of imide groups is 2. The van der Waals surface area contributed by atoms with Gasteiger partial charge in [-0.2, -0.15) is 0 Å². The van der Waals surface area contributed by atoms with Crippen LogP contribution in [-0.2, 0) is 9.59 Å². The third kappa shape index (κ3) is 4.69. The van der Waals surface area contributed by atoms with Crippen LogP contribution in [0.25, 0.3) is 0 Å². The van der Waals surface area contributed by atoms with E-state index in [1.165, 1.54) is 0 Å². The molecule has 0 bridgehead atoms. The van der Waals surface area contributed by atoms with Crippen LogP contribution >= 0.6 is 0 Å². The number of nitrogens with one attached hydrogen (secondary N) is 2. The minimum atomic E-state index is -2.58. The maximum Gasteiger partial charge on any atom is 0.264 e. The summed E-state index contributed by atoms with van der Waals surface area (Å²) >= 11 is 0. The van der Waals surface area contributed by atoms with Crippen molar-refractivity contribution in [3.63, 3.8) is 0 Å². The van der Waals surface area contributed by atoms with E-state index in [9.17, 15) is 28.0 Å². The molecule has 1 aromatic carbocycles. The molecule has 1 unspecified atom stereocenters. The minimum absolute atomic E-state index is 0.0370. The molecular formula is C26H33F2N5O4. The Hall–Kier alpha value is -3.08. The van der Waals surface area contributed by atoms with Gasteiger partial charge in [-0.25, -0.2) is 8.78 Å². The lowest BCUT2D eigenvalue weighted by atomic mass is 9.86. The standard InChI is InChI=1S/C26H33F2N5O4/c1-32(17-5-3-2-4-16(17)30-14-10-12-26(27,28)13-11-14)18-7-6-15-21(22(18)29)25(37)33(24(15)36)19-8-9-20(34)31-23(19)35/h6-7,14,16-17,19,30H,2-5,8-13,29H2,1H3,(H,31,34,35)/t16-,17+,19?/m0/s1. The summed E-state index contributed by atoms with van der Waals surface area (Å²) < 4.78 is 27.3. The number of rotatable bonds is 5. The summed E-state index contributed by atoms with van der Waals surface area (Å²) in [6, 6.07) is 2.39. The second kappa shape index (κ2) is 9.66. The normalized spacial score (nSPS) is 28.3. The predicted molar refractivity (Wildman–Crippen MR) is 132 cm³/mol. The number of piperidine rings is 1. The van der Waals surface area contributed by atoms with E-state index in [0.29, 0.717) is 18.5 Å². The number of likely N-dealkylation sites (N-methyl/N-ethyl adjacent to an activating group) is 1. The van der Waals surface area contributed by atoms with Crippen LogP contribution in [0.4, 0.5) is 20.2 Å². The van der Waals surface area contributed by atoms with Gasteiger partial charge in [0.2, 0.25) is 17.7 Å². The molecule has 0 aromatic heterocycles. The maximum atomic E-state index is 13.6. The fraction of sp³-hybridized carbons (Fsp3) is 0.615. The van der Waals surface area contributed by atoms with E-state index < -0.39 is 35.6 Å². The maximum absolute atomic E-state index is 13.6. The highest BCUT2D eigenvalue weighted by Gasteiger charge is 2.46. The second-order valence-corrected chi connectivity index (χ2v) is 10.7. The Kier molecular flexibility index (Phi) is 6.68. The van der Waals surface area contributed by atoms with Crippen LogP contribution < -0.4 is 21.3 Å². The van der Waals surface area contributed by atoms with Gasteiger partial charge in [0.25, 0.3) is 11.8 Å². The molecule has 3 atom stereocenters. The first-order valence-electron chi connectivity index (χ1n) is 13.1. The molecule has 2 aliphatic carbocycles. The Morgan fingerprint density at radius 3 is 2.43 bits per heavy atom.